The Bertz CT molecular complexity index is 803. The van der Waals surface area contributed by atoms with Crippen molar-refractivity contribution in [3.63, 3.8) is 0 Å². The molecule has 1 N–H and O–H groups in total. The second-order valence-corrected chi connectivity index (χ2v) is 15.0. The number of hydrogen-bond donors (Lipinski definition) is 1. The van der Waals surface area contributed by atoms with Crippen molar-refractivity contribution in [2.24, 2.45) is 0 Å². The molecule has 0 rings (SSSR count). The largest absolute Gasteiger partial charge is 0.472 e. The average molecular weight is 703 g/mol. The van der Waals surface area contributed by atoms with Gasteiger partial charge in [0.25, 0.3) is 0 Å². The highest BCUT2D eigenvalue weighted by Crippen LogP contribution is 2.42. The Balaban J connectivity index is 4.02. The summed E-state index contributed by atoms with van der Waals surface area (Å²) in [6.45, 7) is 3.88. The highest BCUT2D eigenvalue weighted by molar-refractivity contribution is 7.47. The van der Waals surface area contributed by atoms with Crippen molar-refractivity contribution in [3.8, 4) is 0 Å². The first-order chi connectivity index (χ1) is 23.3. The second-order valence-electron chi connectivity index (χ2n) is 13.4. The maximum atomic E-state index is 12.4. The standard InChI is InChI=1S/C39H75O8P/c1-4-6-8-10-12-14-16-18-20-22-23-25-27-29-31-33-38(40)45-35-37(36-46-48(42,43)44-3)47-39(41)34-32-30-28-26-24-21-19-17-15-13-11-9-7-5-2/h17,19,37H,4-16,18,20-36H2,1-3H3,(H,42,43)/b19-17-. The molecule has 9 heteroatoms. The van der Waals surface area contributed by atoms with E-state index in [-0.39, 0.29) is 19.0 Å². The lowest BCUT2D eigenvalue weighted by molar-refractivity contribution is -0.161. The zero-order valence-corrected chi connectivity index (χ0v) is 32.3. The summed E-state index contributed by atoms with van der Waals surface area (Å²) in [4.78, 5) is 34.3. The summed E-state index contributed by atoms with van der Waals surface area (Å²) >= 11 is 0. The lowest BCUT2D eigenvalue weighted by Gasteiger charge is -2.19. The van der Waals surface area contributed by atoms with Crippen LogP contribution >= 0.6 is 7.82 Å². The Morgan fingerprint density at radius 3 is 1.35 bits per heavy atom. The number of rotatable bonds is 37. The van der Waals surface area contributed by atoms with Gasteiger partial charge in [0.2, 0.25) is 0 Å². The predicted octanol–water partition coefficient (Wildman–Crippen LogP) is 12.1. The van der Waals surface area contributed by atoms with Crippen LogP contribution in [-0.2, 0) is 32.7 Å². The molecule has 0 amide bonds. The van der Waals surface area contributed by atoms with Gasteiger partial charge in [-0.05, 0) is 38.5 Å². The van der Waals surface area contributed by atoms with Gasteiger partial charge in [0.05, 0.1) is 6.61 Å². The van der Waals surface area contributed by atoms with E-state index >= 15 is 0 Å². The van der Waals surface area contributed by atoms with E-state index in [2.05, 4.69) is 30.5 Å². The van der Waals surface area contributed by atoms with Gasteiger partial charge < -0.3 is 14.4 Å². The molecule has 0 aromatic rings. The SMILES string of the molecule is CCCCCCC/C=C\CCCCCCCC(=O)OC(COC(=O)CCCCCCCCCCCCCCCCC)COP(=O)(O)OC. The second kappa shape index (κ2) is 35.6. The van der Waals surface area contributed by atoms with E-state index < -0.39 is 26.5 Å². The van der Waals surface area contributed by atoms with Gasteiger partial charge in [-0.15, -0.1) is 0 Å². The molecule has 0 saturated heterocycles. The quantitative estimate of drug-likeness (QED) is 0.0295. The highest BCUT2D eigenvalue weighted by atomic mass is 31.2. The fourth-order valence-electron chi connectivity index (χ4n) is 5.65. The molecule has 284 valence electrons. The molecule has 0 aliphatic carbocycles. The van der Waals surface area contributed by atoms with Crippen LogP contribution in [0.5, 0.6) is 0 Å². The first kappa shape index (κ1) is 46.8. The van der Waals surface area contributed by atoms with Crippen LogP contribution in [-0.4, -0.2) is 43.3 Å². The third-order valence-corrected chi connectivity index (χ3v) is 9.70. The zero-order chi connectivity index (χ0) is 35.4. The number of unbranched alkanes of at least 4 members (excludes halogenated alkanes) is 24. The lowest BCUT2D eigenvalue weighted by Crippen LogP contribution is -2.29. The van der Waals surface area contributed by atoms with Crippen LogP contribution in [0.25, 0.3) is 0 Å². The van der Waals surface area contributed by atoms with Crippen molar-refractivity contribution < 1.29 is 37.6 Å². The van der Waals surface area contributed by atoms with Crippen molar-refractivity contribution in [2.45, 2.75) is 206 Å². The summed E-state index contributed by atoms with van der Waals surface area (Å²) in [5.74, 6) is -0.805. The summed E-state index contributed by atoms with van der Waals surface area (Å²) in [5, 5.41) is 0. The third kappa shape index (κ3) is 34.6. The van der Waals surface area contributed by atoms with E-state index in [0.29, 0.717) is 12.8 Å². The number of ether oxygens (including phenoxy) is 2. The number of phosphoric ester groups is 1. The Morgan fingerprint density at radius 2 is 0.938 bits per heavy atom. The van der Waals surface area contributed by atoms with Crippen LogP contribution in [0.2, 0.25) is 0 Å². The molecular weight excluding hydrogens is 627 g/mol. The number of carbonyl (C=O) groups is 2. The monoisotopic (exact) mass is 703 g/mol. The molecule has 0 radical (unpaired) electrons. The molecule has 0 aliphatic rings. The van der Waals surface area contributed by atoms with Crippen molar-refractivity contribution in [3.05, 3.63) is 12.2 Å². The van der Waals surface area contributed by atoms with Crippen molar-refractivity contribution >= 4 is 19.8 Å². The fourth-order valence-corrected chi connectivity index (χ4v) is 6.11. The van der Waals surface area contributed by atoms with Crippen LogP contribution in [0.4, 0.5) is 0 Å². The first-order valence-electron chi connectivity index (χ1n) is 19.9. The molecule has 0 heterocycles. The molecule has 0 aliphatic heterocycles. The fraction of sp³-hybridized carbons (Fsp3) is 0.897. The molecule has 0 bridgehead atoms. The van der Waals surface area contributed by atoms with E-state index in [1.54, 1.807) is 0 Å². The van der Waals surface area contributed by atoms with E-state index in [4.69, 9.17) is 14.0 Å². The van der Waals surface area contributed by atoms with Crippen LogP contribution in [0, 0.1) is 0 Å². The first-order valence-corrected chi connectivity index (χ1v) is 21.4. The van der Waals surface area contributed by atoms with Crippen LogP contribution in [0.15, 0.2) is 12.2 Å². The summed E-state index contributed by atoms with van der Waals surface area (Å²) in [5.41, 5.74) is 0. The summed E-state index contributed by atoms with van der Waals surface area (Å²) in [6.07, 6.45) is 36.9. The lowest BCUT2D eigenvalue weighted by atomic mass is 10.0. The van der Waals surface area contributed by atoms with Crippen molar-refractivity contribution in [2.75, 3.05) is 20.3 Å². The van der Waals surface area contributed by atoms with Crippen LogP contribution in [0.3, 0.4) is 0 Å². The molecule has 48 heavy (non-hydrogen) atoms. The Labute approximate surface area is 295 Å². The number of hydrogen-bond acceptors (Lipinski definition) is 7. The molecule has 0 aromatic heterocycles. The average Bonchev–Trinajstić information content (AvgIpc) is 3.07. The minimum Gasteiger partial charge on any atom is -0.462 e. The van der Waals surface area contributed by atoms with Crippen molar-refractivity contribution in [1.29, 1.82) is 0 Å². The molecule has 2 unspecified atom stereocenters. The number of esters is 2. The molecule has 2 atom stereocenters. The van der Waals surface area contributed by atoms with E-state index in [1.807, 2.05) is 0 Å². The number of carbonyl (C=O) groups excluding carboxylic acids is 2. The maximum absolute atomic E-state index is 12.4. The van der Waals surface area contributed by atoms with Gasteiger partial charge in [-0.3, -0.25) is 18.6 Å². The molecule has 0 fully saturated rings. The van der Waals surface area contributed by atoms with Gasteiger partial charge >= 0.3 is 19.8 Å². The minimum absolute atomic E-state index is 0.223. The summed E-state index contributed by atoms with van der Waals surface area (Å²) < 4.78 is 31.9. The van der Waals surface area contributed by atoms with Gasteiger partial charge in [-0.25, -0.2) is 4.57 Å². The van der Waals surface area contributed by atoms with E-state index in [1.165, 1.54) is 116 Å². The predicted molar refractivity (Wildman–Crippen MR) is 198 cm³/mol. The third-order valence-electron chi connectivity index (χ3n) is 8.76. The van der Waals surface area contributed by atoms with Gasteiger partial charge in [0.15, 0.2) is 6.10 Å². The Morgan fingerprint density at radius 1 is 0.562 bits per heavy atom. The highest BCUT2D eigenvalue weighted by Gasteiger charge is 2.24. The topological polar surface area (TPSA) is 108 Å². The van der Waals surface area contributed by atoms with Gasteiger partial charge in [-0.2, -0.15) is 0 Å². The van der Waals surface area contributed by atoms with Gasteiger partial charge in [0, 0.05) is 20.0 Å². The molecule has 0 spiro atoms. The minimum atomic E-state index is -4.25. The van der Waals surface area contributed by atoms with Gasteiger partial charge in [-0.1, -0.05) is 161 Å². The Hall–Kier alpha value is -1.21. The van der Waals surface area contributed by atoms with Gasteiger partial charge in [0.1, 0.15) is 6.61 Å². The van der Waals surface area contributed by atoms with E-state index in [9.17, 15) is 19.0 Å². The summed E-state index contributed by atoms with van der Waals surface area (Å²) in [7, 11) is -3.19. The number of phosphoric acid groups is 1. The smallest absolute Gasteiger partial charge is 0.462 e. The molecular formula is C39H75O8P. The van der Waals surface area contributed by atoms with Crippen LogP contribution < -0.4 is 0 Å². The molecule has 0 saturated carbocycles. The van der Waals surface area contributed by atoms with Crippen LogP contribution in [0.1, 0.15) is 200 Å². The normalized spacial score (nSPS) is 13.5. The maximum Gasteiger partial charge on any atom is 0.472 e. The number of allylic oxidation sites excluding steroid dienone is 2. The Kier molecular flexibility index (Phi) is 34.7. The zero-order valence-electron chi connectivity index (χ0n) is 31.4. The molecule has 8 nitrogen and oxygen atoms in total. The van der Waals surface area contributed by atoms with E-state index in [0.717, 1.165) is 58.5 Å². The van der Waals surface area contributed by atoms with Crippen molar-refractivity contribution in [1.82, 2.24) is 0 Å². The molecule has 0 aromatic carbocycles. The summed E-state index contributed by atoms with van der Waals surface area (Å²) in [6, 6.07) is 0.